The van der Waals surface area contributed by atoms with Gasteiger partial charge in [0, 0.05) is 25.4 Å². The minimum atomic E-state index is -3.98. The first-order chi connectivity index (χ1) is 39.6. The van der Waals surface area contributed by atoms with E-state index in [1.54, 1.807) is 52.2 Å². The van der Waals surface area contributed by atoms with Gasteiger partial charge in [-0.2, -0.15) is 0 Å². The van der Waals surface area contributed by atoms with Crippen LogP contribution >= 0.6 is 0 Å². The Bertz CT molecular complexity index is 3080. The standard InChI is InChI=1S/C65H87N7O10S2/c1-40(66-9)57(73)35-52(64(3,4)5)62(77)71-36-42(33-55(71)60(75)68-53-23-15-19-46-17-11-13-21-50(46)53)38-83(79,80)48-29-25-44(26-30-48)45-27-31-49(32-28-45)84(81,82)39-43-34-56(61(76)69-54-24-16-20-47-18-12-14-22-51(47)54)72(37-43)63(78)58(65(6,7)8)70-59(74)41(2)67-10/h11-14,17-18,21-22,25-32,40-43,52-56,58,66-67H,15-16,19-20,23-24,33-39H2,1-10H3,(H,68,75)(H,69,76)(H,70,74)/t40-,41-,42-,43-,52+,53+,54?,55-,56-,58+/m0/s1. The van der Waals surface area contributed by atoms with Crippen LogP contribution in [0.15, 0.2) is 107 Å². The van der Waals surface area contributed by atoms with Gasteiger partial charge in [-0.05, 0) is 160 Å². The van der Waals surface area contributed by atoms with Crippen molar-refractivity contribution in [2.75, 3.05) is 38.7 Å². The molecule has 2 saturated heterocycles. The second-order valence-corrected chi connectivity index (χ2v) is 30.1. The number of benzene rings is 4. The van der Waals surface area contributed by atoms with Crippen LogP contribution in [0, 0.1) is 28.6 Å². The van der Waals surface area contributed by atoms with Crippen LogP contribution in [0.3, 0.4) is 0 Å². The number of hydrogen-bond donors (Lipinski definition) is 5. The number of likely N-dealkylation sites (tertiary alicyclic amines) is 2. The number of likely N-dealkylation sites (N-methyl/N-ethyl adjacent to an activating group) is 2. The molecule has 84 heavy (non-hydrogen) atoms. The highest BCUT2D eigenvalue weighted by Crippen LogP contribution is 2.39. The van der Waals surface area contributed by atoms with E-state index in [4.69, 9.17) is 0 Å². The fraction of sp³-hybridized carbons (Fsp3) is 0.538. The highest BCUT2D eigenvalue weighted by Gasteiger charge is 2.48. The number of carbonyl (C=O) groups is 6. The average molecular weight is 1190 g/mol. The predicted molar refractivity (Wildman–Crippen MR) is 325 cm³/mol. The van der Waals surface area contributed by atoms with Gasteiger partial charge in [0.15, 0.2) is 19.7 Å². The molecule has 0 aromatic heterocycles. The van der Waals surface area contributed by atoms with Crippen molar-refractivity contribution in [2.45, 2.75) is 165 Å². The number of ketones is 1. The van der Waals surface area contributed by atoms with Crippen LogP contribution in [0.4, 0.5) is 0 Å². The molecule has 8 rings (SSSR count). The van der Waals surface area contributed by atoms with E-state index >= 15 is 0 Å². The summed E-state index contributed by atoms with van der Waals surface area (Å²) in [6, 6.07) is 24.0. The number of aryl methyl sites for hydroxylation is 2. The SMILES string of the molecule is CN[C@@H](C)C(=O)C[C@H](C(=O)N1C[C@@H](CS(=O)(=O)c2ccc(-c3ccc(S(=O)(=O)C[C@H]4C[C@@H](C(=O)NC5CCCc6ccccc65)N(C(=O)[C@@H](NC(=O)[C@H](C)NC)C(C)(C)C)C4)cc3)cc2)C[C@H]1C(=O)N[C@@H]1CCCc2ccccc21)C(C)(C)C. The highest BCUT2D eigenvalue weighted by molar-refractivity contribution is 7.91. The fourth-order valence-corrected chi connectivity index (χ4v) is 15.9. The molecule has 10 atom stereocenters. The Kier molecular flexibility index (Phi) is 19.8. The molecule has 5 amide bonds. The third-order valence-corrected chi connectivity index (χ3v) is 21.7. The fourth-order valence-electron chi connectivity index (χ4n) is 12.7. The molecule has 2 aliphatic heterocycles. The highest BCUT2D eigenvalue weighted by atomic mass is 32.2. The number of amides is 5. The van der Waals surface area contributed by atoms with Crippen LogP contribution in [0.1, 0.15) is 135 Å². The number of nitrogens with one attached hydrogen (secondary N) is 5. The molecule has 1 unspecified atom stereocenters. The lowest BCUT2D eigenvalue weighted by molar-refractivity contribution is -0.146. The molecule has 4 aromatic rings. The van der Waals surface area contributed by atoms with Crippen molar-refractivity contribution >= 4 is 55.0 Å². The second kappa shape index (κ2) is 26.1. The van der Waals surface area contributed by atoms with E-state index in [2.05, 4.69) is 38.7 Å². The summed E-state index contributed by atoms with van der Waals surface area (Å²) in [5.41, 5.74) is 4.23. The maximum atomic E-state index is 14.8. The summed E-state index contributed by atoms with van der Waals surface area (Å²) in [5, 5.41) is 15.2. The molecule has 19 heteroatoms. The van der Waals surface area contributed by atoms with Crippen molar-refractivity contribution < 1.29 is 45.6 Å². The van der Waals surface area contributed by atoms with Crippen LogP contribution in [0.25, 0.3) is 11.1 Å². The molecule has 454 valence electrons. The number of Topliss-reactive ketones (excluding diaryl/α,β-unsaturated/α-hetero) is 1. The van der Waals surface area contributed by atoms with Gasteiger partial charge in [-0.15, -0.1) is 0 Å². The smallest absolute Gasteiger partial charge is 0.246 e. The van der Waals surface area contributed by atoms with E-state index in [0.717, 1.165) is 54.4 Å². The third-order valence-electron chi connectivity index (χ3n) is 17.9. The Morgan fingerprint density at radius 3 is 1.38 bits per heavy atom. The molecule has 17 nitrogen and oxygen atoms in total. The Labute approximate surface area is 497 Å². The summed E-state index contributed by atoms with van der Waals surface area (Å²) in [5.74, 6) is -4.71. The van der Waals surface area contributed by atoms with Crippen LogP contribution in [-0.4, -0.2) is 131 Å². The molecule has 2 fully saturated rings. The number of sulfone groups is 2. The molecular weight excluding hydrogens is 1100 g/mol. The first-order valence-corrected chi connectivity index (χ1v) is 33.1. The first kappa shape index (κ1) is 63.7. The number of rotatable bonds is 20. The summed E-state index contributed by atoms with van der Waals surface area (Å²) in [6.45, 7) is 14.6. The zero-order chi connectivity index (χ0) is 61.1. The van der Waals surface area contributed by atoms with Gasteiger partial charge >= 0.3 is 0 Å². The van der Waals surface area contributed by atoms with Crippen LogP contribution in [0.5, 0.6) is 0 Å². The van der Waals surface area contributed by atoms with Gasteiger partial charge in [0.05, 0.1) is 45.5 Å². The monoisotopic (exact) mass is 1190 g/mol. The van der Waals surface area contributed by atoms with Crippen molar-refractivity contribution in [3.8, 4) is 11.1 Å². The van der Waals surface area contributed by atoms with Crippen LogP contribution in [-0.2, 0) is 61.3 Å². The maximum absolute atomic E-state index is 14.8. The lowest BCUT2D eigenvalue weighted by Crippen LogP contribution is -2.59. The molecule has 0 saturated carbocycles. The largest absolute Gasteiger partial charge is 0.347 e. The van der Waals surface area contributed by atoms with E-state index in [1.807, 2.05) is 77.9 Å². The number of hydrogen-bond acceptors (Lipinski definition) is 12. The van der Waals surface area contributed by atoms with Crippen molar-refractivity contribution in [1.82, 2.24) is 36.4 Å². The van der Waals surface area contributed by atoms with E-state index in [0.29, 0.717) is 17.5 Å². The van der Waals surface area contributed by atoms with Crippen molar-refractivity contribution in [1.29, 1.82) is 0 Å². The maximum Gasteiger partial charge on any atom is 0.246 e. The van der Waals surface area contributed by atoms with Gasteiger partial charge < -0.3 is 36.4 Å². The zero-order valence-corrected chi connectivity index (χ0v) is 52.1. The average Bonchev–Trinajstić information content (AvgIpc) is 4.08. The molecular formula is C65H87N7O10S2. The second-order valence-electron chi connectivity index (χ2n) is 26.0. The zero-order valence-electron chi connectivity index (χ0n) is 50.5. The summed E-state index contributed by atoms with van der Waals surface area (Å²) >= 11 is 0. The van der Waals surface area contributed by atoms with Crippen molar-refractivity contribution in [3.05, 3.63) is 119 Å². The van der Waals surface area contributed by atoms with Gasteiger partial charge in [-0.25, -0.2) is 16.8 Å². The summed E-state index contributed by atoms with van der Waals surface area (Å²) < 4.78 is 57.2. The van der Waals surface area contributed by atoms with E-state index < -0.39 is 84.4 Å². The van der Waals surface area contributed by atoms with Crippen LogP contribution in [0.2, 0.25) is 0 Å². The van der Waals surface area contributed by atoms with Gasteiger partial charge in [-0.1, -0.05) is 114 Å². The van der Waals surface area contributed by atoms with Gasteiger partial charge in [0.2, 0.25) is 29.5 Å². The molecule has 2 heterocycles. The quantitative estimate of drug-likeness (QED) is 0.0597. The van der Waals surface area contributed by atoms with Gasteiger partial charge in [0.1, 0.15) is 23.9 Å². The van der Waals surface area contributed by atoms with Gasteiger partial charge in [-0.3, -0.25) is 28.8 Å². The van der Waals surface area contributed by atoms with E-state index in [-0.39, 0.29) is 95.1 Å². The topological polar surface area (TPSA) is 237 Å². The molecule has 2 aliphatic carbocycles. The van der Waals surface area contributed by atoms with E-state index in [9.17, 15) is 45.6 Å². The minimum Gasteiger partial charge on any atom is -0.347 e. The molecule has 0 bridgehead atoms. The summed E-state index contributed by atoms with van der Waals surface area (Å²) in [7, 11) is -4.63. The number of fused-ring (bicyclic) bond motifs is 2. The third kappa shape index (κ3) is 14.7. The normalized spacial score (nSPS) is 22.4. The molecule has 0 spiro atoms. The molecule has 5 N–H and O–H groups in total. The van der Waals surface area contributed by atoms with E-state index in [1.165, 1.54) is 34.1 Å². The van der Waals surface area contributed by atoms with Crippen molar-refractivity contribution in [2.24, 2.45) is 28.6 Å². The molecule has 4 aliphatic rings. The molecule has 0 radical (unpaired) electrons. The lowest BCUT2D eigenvalue weighted by atomic mass is 9.76. The van der Waals surface area contributed by atoms with Crippen LogP contribution < -0.4 is 26.6 Å². The Morgan fingerprint density at radius 2 is 0.976 bits per heavy atom. The Morgan fingerprint density at radius 1 is 0.560 bits per heavy atom. The lowest BCUT2D eigenvalue weighted by Gasteiger charge is -2.36. The molecule has 4 aromatic carbocycles. The first-order valence-electron chi connectivity index (χ1n) is 29.8. The summed E-state index contributed by atoms with van der Waals surface area (Å²) in [6.07, 6.45) is 5.16. The predicted octanol–water partition coefficient (Wildman–Crippen LogP) is 7.09. The van der Waals surface area contributed by atoms with Crippen molar-refractivity contribution in [3.63, 3.8) is 0 Å². The number of nitrogens with zero attached hydrogens (tertiary/aromatic N) is 2. The van der Waals surface area contributed by atoms with Gasteiger partial charge in [0.25, 0.3) is 0 Å². The number of carbonyl (C=O) groups excluding carboxylic acids is 6. The Balaban J connectivity index is 0.967. The Hall–Kier alpha value is -6.28. The minimum absolute atomic E-state index is 0.0178. The summed E-state index contributed by atoms with van der Waals surface area (Å²) in [4.78, 5) is 87.9.